The van der Waals surface area contributed by atoms with E-state index in [2.05, 4.69) is 0 Å². The Kier molecular flexibility index (Phi) is 3.73. The van der Waals surface area contributed by atoms with Gasteiger partial charge < -0.3 is 14.6 Å². The number of ether oxygens (including phenoxy) is 2. The number of Topliss-reactive ketones (excluding diaryl/α,β-unsaturated/α-hetero) is 1. The van der Waals surface area contributed by atoms with Crippen molar-refractivity contribution >= 4 is 17.4 Å². The molecule has 1 N–H and O–H groups in total. The first-order chi connectivity index (χ1) is 8.39. The molecule has 5 heteroatoms. The Morgan fingerprint density at radius 1 is 1.39 bits per heavy atom. The molecule has 0 aromatic heterocycles. The SMILES string of the molecule is CC1(C)OCC(=O)[C@H]([C@H](O)c2ccc(Cl)cc2)O1. The van der Waals surface area contributed by atoms with Crippen molar-refractivity contribution in [1.29, 1.82) is 0 Å². The van der Waals surface area contributed by atoms with Crippen LogP contribution >= 0.6 is 11.6 Å². The lowest BCUT2D eigenvalue weighted by Gasteiger charge is -2.36. The fourth-order valence-electron chi connectivity index (χ4n) is 1.81. The van der Waals surface area contributed by atoms with Crippen LogP contribution in [0.2, 0.25) is 5.02 Å². The molecule has 0 amide bonds. The van der Waals surface area contributed by atoms with Gasteiger partial charge in [-0.05, 0) is 31.5 Å². The molecule has 0 aliphatic carbocycles. The van der Waals surface area contributed by atoms with Crippen LogP contribution in [0.25, 0.3) is 0 Å². The molecule has 0 bridgehead atoms. The number of hydrogen-bond acceptors (Lipinski definition) is 4. The average Bonchev–Trinajstić information content (AvgIpc) is 2.32. The second-order valence-corrected chi connectivity index (χ2v) is 5.13. The third kappa shape index (κ3) is 2.90. The highest BCUT2D eigenvalue weighted by molar-refractivity contribution is 6.30. The Hall–Kier alpha value is -0.940. The molecule has 1 saturated heterocycles. The van der Waals surface area contributed by atoms with Gasteiger partial charge in [-0.2, -0.15) is 0 Å². The van der Waals surface area contributed by atoms with E-state index in [1.165, 1.54) is 0 Å². The molecular weight excluding hydrogens is 256 g/mol. The van der Waals surface area contributed by atoms with E-state index in [0.29, 0.717) is 10.6 Å². The highest BCUT2D eigenvalue weighted by atomic mass is 35.5. The van der Waals surface area contributed by atoms with E-state index >= 15 is 0 Å². The van der Waals surface area contributed by atoms with Crippen molar-refractivity contribution in [3.05, 3.63) is 34.9 Å². The molecule has 4 nitrogen and oxygen atoms in total. The Balaban J connectivity index is 2.19. The fourth-order valence-corrected chi connectivity index (χ4v) is 1.93. The van der Waals surface area contributed by atoms with Crippen LogP contribution in [0.15, 0.2) is 24.3 Å². The minimum atomic E-state index is -1.02. The lowest BCUT2D eigenvalue weighted by atomic mass is 10.0. The summed E-state index contributed by atoms with van der Waals surface area (Å²) in [4.78, 5) is 11.7. The predicted molar refractivity (Wildman–Crippen MR) is 66.3 cm³/mol. The number of aliphatic hydroxyl groups excluding tert-OH is 1. The van der Waals surface area contributed by atoms with Crippen LogP contribution in [0.4, 0.5) is 0 Å². The van der Waals surface area contributed by atoms with Crippen LogP contribution in [0.5, 0.6) is 0 Å². The Morgan fingerprint density at radius 3 is 2.61 bits per heavy atom. The van der Waals surface area contributed by atoms with E-state index in [1.807, 2.05) is 0 Å². The molecule has 1 aromatic rings. The van der Waals surface area contributed by atoms with Gasteiger partial charge in [0, 0.05) is 5.02 Å². The van der Waals surface area contributed by atoms with Gasteiger partial charge in [0.15, 0.2) is 17.7 Å². The van der Waals surface area contributed by atoms with E-state index < -0.39 is 18.0 Å². The summed E-state index contributed by atoms with van der Waals surface area (Å²) in [5.74, 6) is -1.14. The monoisotopic (exact) mass is 270 g/mol. The predicted octanol–water partition coefficient (Wildman–Crippen LogP) is 2.09. The van der Waals surface area contributed by atoms with E-state index in [0.717, 1.165) is 0 Å². The average molecular weight is 271 g/mol. The number of carbonyl (C=O) groups excluding carboxylic acids is 1. The molecule has 1 heterocycles. The molecule has 1 aromatic carbocycles. The minimum Gasteiger partial charge on any atom is -0.385 e. The summed E-state index contributed by atoms with van der Waals surface area (Å²) < 4.78 is 10.7. The summed E-state index contributed by atoms with van der Waals surface area (Å²) in [6.45, 7) is 3.37. The van der Waals surface area contributed by atoms with Crippen molar-refractivity contribution in [3.63, 3.8) is 0 Å². The zero-order chi connectivity index (χ0) is 13.3. The highest BCUT2D eigenvalue weighted by Gasteiger charge is 2.39. The molecule has 0 unspecified atom stereocenters. The molecular formula is C13H15ClO4. The largest absolute Gasteiger partial charge is 0.385 e. The number of ketones is 1. The van der Waals surface area contributed by atoms with Gasteiger partial charge in [0.1, 0.15) is 12.7 Å². The summed E-state index contributed by atoms with van der Waals surface area (Å²) in [6, 6.07) is 6.67. The van der Waals surface area contributed by atoms with Crippen molar-refractivity contribution in [3.8, 4) is 0 Å². The van der Waals surface area contributed by atoms with Gasteiger partial charge >= 0.3 is 0 Å². The number of carbonyl (C=O) groups is 1. The van der Waals surface area contributed by atoms with E-state index in [9.17, 15) is 9.90 Å². The third-order valence-corrected chi connectivity index (χ3v) is 3.04. The van der Waals surface area contributed by atoms with Crippen molar-refractivity contribution in [1.82, 2.24) is 0 Å². The number of rotatable bonds is 2. The lowest BCUT2D eigenvalue weighted by molar-refractivity contribution is -0.271. The number of aliphatic hydroxyl groups is 1. The first kappa shape index (κ1) is 13.5. The summed E-state index contributed by atoms with van der Waals surface area (Å²) in [6.07, 6.45) is -1.92. The summed E-state index contributed by atoms with van der Waals surface area (Å²) >= 11 is 5.78. The first-order valence-electron chi connectivity index (χ1n) is 5.67. The Bertz CT molecular complexity index is 441. The van der Waals surface area contributed by atoms with E-state index in [-0.39, 0.29) is 12.4 Å². The maximum atomic E-state index is 11.7. The standard InChI is InChI=1S/C13H15ClO4/c1-13(2)17-7-10(15)12(18-13)11(16)8-3-5-9(14)6-4-8/h3-6,11-12,16H,7H2,1-2H3/t11-,12-/m1/s1. The van der Waals surface area contributed by atoms with Crippen molar-refractivity contribution < 1.29 is 19.4 Å². The molecule has 0 spiro atoms. The lowest BCUT2D eigenvalue weighted by Crippen LogP contribution is -2.48. The van der Waals surface area contributed by atoms with Gasteiger partial charge in [-0.1, -0.05) is 23.7 Å². The van der Waals surface area contributed by atoms with Crippen LogP contribution < -0.4 is 0 Å². The summed E-state index contributed by atoms with van der Waals surface area (Å²) in [7, 11) is 0. The second-order valence-electron chi connectivity index (χ2n) is 4.69. The minimum absolute atomic E-state index is 0.0533. The van der Waals surface area contributed by atoms with E-state index in [1.54, 1.807) is 38.1 Å². The first-order valence-corrected chi connectivity index (χ1v) is 6.05. The fraction of sp³-hybridized carbons (Fsp3) is 0.462. The van der Waals surface area contributed by atoms with Crippen molar-refractivity contribution in [2.45, 2.75) is 31.8 Å². The highest BCUT2D eigenvalue weighted by Crippen LogP contribution is 2.29. The Morgan fingerprint density at radius 2 is 2.00 bits per heavy atom. The van der Waals surface area contributed by atoms with Gasteiger partial charge in [-0.25, -0.2) is 0 Å². The molecule has 18 heavy (non-hydrogen) atoms. The van der Waals surface area contributed by atoms with Gasteiger partial charge in [0.05, 0.1) is 0 Å². The van der Waals surface area contributed by atoms with Crippen LogP contribution in [0.3, 0.4) is 0 Å². The van der Waals surface area contributed by atoms with Crippen molar-refractivity contribution in [2.75, 3.05) is 6.61 Å². The molecule has 2 atom stereocenters. The zero-order valence-electron chi connectivity index (χ0n) is 10.2. The zero-order valence-corrected chi connectivity index (χ0v) is 11.0. The van der Waals surface area contributed by atoms with Crippen molar-refractivity contribution in [2.24, 2.45) is 0 Å². The van der Waals surface area contributed by atoms with Crippen LogP contribution in [0.1, 0.15) is 25.5 Å². The molecule has 1 aliphatic rings. The summed E-state index contributed by atoms with van der Waals surface area (Å²) in [5, 5.41) is 10.8. The number of benzene rings is 1. The molecule has 1 aliphatic heterocycles. The normalized spacial score (nSPS) is 24.9. The number of halogens is 1. The number of hydrogen-bond donors (Lipinski definition) is 1. The Labute approximate surface area is 110 Å². The van der Waals surface area contributed by atoms with Gasteiger partial charge in [0.2, 0.25) is 0 Å². The van der Waals surface area contributed by atoms with Crippen LogP contribution in [-0.4, -0.2) is 29.4 Å². The molecule has 0 saturated carbocycles. The maximum Gasteiger partial charge on any atom is 0.190 e. The smallest absolute Gasteiger partial charge is 0.190 e. The van der Waals surface area contributed by atoms with Gasteiger partial charge in [-0.15, -0.1) is 0 Å². The van der Waals surface area contributed by atoms with E-state index in [4.69, 9.17) is 21.1 Å². The summed E-state index contributed by atoms with van der Waals surface area (Å²) in [5.41, 5.74) is 0.593. The second kappa shape index (κ2) is 4.97. The molecule has 0 radical (unpaired) electrons. The topological polar surface area (TPSA) is 55.8 Å². The molecule has 98 valence electrons. The van der Waals surface area contributed by atoms with Gasteiger partial charge in [-0.3, -0.25) is 4.79 Å². The maximum absolute atomic E-state index is 11.7. The van der Waals surface area contributed by atoms with Crippen LogP contribution in [-0.2, 0) is 14.3 Å². The molecule has 1 fully saturated rings. The third-order valence-electron chi connectivity index (χ3n) is 2.79. The molecule has 2 rings (SSSR count). The quantitative estimate of drug-likeness (QED) is 0.894. The van der Waals surface area contributed by atoms with Crippen LogP contribution in [0, 0.1) is 0 Å². The van der Waals surface area contributed by atoms with Gasteiger partial charge in [0.25, 0.3) is 0 Å².